The van der Waals surface area contributed by atoms with Crippen LogP contribution in [0.1, 0.15) is 32.3 Å². The minimum atomic E-state index is -0.118. The van der Waals surface area contributed by atoms with Gasteiger partial charge in [0.1, 0.15) is 4.99 Å². The Bertz CT molecular complexity index is 939. The maximum atomic E-state index is 12.9. The molecule has 0 bridgehead atoms. The second-order valence-corrected chi connectivity index (χ2v) is 8.96. The van der Waals surface area contributed by atoms with Gasteiger partial charge >= 0.3 is 0 Å². The van der Waals surface area contributed by atoms with Gasteiger partial charge in [-0.15, -0.1) is 0 Å². The van der Waals surface area contributed by atoms with Crippen LogP contribution in [-0.4, -0.2) is 10.8 Å². The number of nitrogens with one attached hydrogen (secondary N) is 2. The highest BCUT2D eigenvalue weighted by atomic mass is 35.5. The summed E-state index contributed by atoms with van der Waals surface area (Å²) in [6.07, 6.45) is 1.20. The SMILES string of the molecule is CC1(C)CC(=O)C(C(=S)Nc2ccc(Cl)cc2Cl)=C(NCc2ccccc2)C1. The van der Waals surface area contributed by atoms with E-state index in [9.17, 15) is 4.79 Å². The van der Waals surface area contributed by atoms with Crippen molar-refractivity contribution in [2.45, 2.75) is 33.2 Å². The van der Waals surface area contributed by atoms with Crippen molar-refractivity contribution in [3.8, 4) is 0 Å². The number of halogens is 2. The van der Waals surface area contributed by atoms with Crippen molar-refractivity contribution in [2.75, 3.05) is 5.32 Å². The number of benzene rings is 2. The van der Waals surface area contributed by atoms with Crippen LogP contribution in [0.15, 0.2) is 59.8 Å². The molecule has 0 heterocycles. The predicted molar refractivity (Wildman–Crippen MR) is 121 cm³/mol. The average molecular weight is 433 g/mol. The third-order valence-electron chi connectivity index (χ3n) is 4.63. The molecule has 2 aromatic carbocycles. The van der Waals surface area contributed by atoms with Gasteiger partial charge in [0.05, 0.1) is 16.3 Å². The lowest BCUT2D eigenvalue weighted by Gasteiger charge is -2.33. The molecule has 1 aliphatic carbocycles. The van der Waals surface area contributed by atoms with E-state index in [0.29, 0.717) is 39.3 Å². The number of rotatable bonds is 5. The topological polar surface area (TPSA) is 41.1 Å². The molecule has 0 saturated carbocycles. The molecule has 1 aliphatic rings. The largest absolute Gasteiger partial charge is 0.384 e. The van der Waals surface area contributed by atoms with Crippen LogP contribution in [0.2, 0.25) is 10.0 Å². The number of thiocarbonyl (C=S) groups is 1. The van der Waals surface area contributed by atoms with E-state index in [0.717, 1.165) is 17.7 Å². The minimum Gasteiger partial charge on any atom is -0.384 e. The van der Waals surface area contributed by atoms with Crippen molar-refractivity contribution in [3.05, 3.63) is 75.4 Å². The van der Waals surface area contributed by atoms with Crippen LogP contribution >= 0.6 is 35.4 Å². The summed E-state index contributed by atoms with van der Waals surface area (Å²) in [5.74, 6) is 0.0365. The molecular weight excluding hydrogens is 411 g/mol. The maximum Gasteiger partial charge on any atom is 0.168 e. The molecule has 146 valence electrons. The summed E-state index contributed by atoms with van der Waals surface area (Å²) in [4.78, 5) is 13.3. The molecule has 0 aromatic heterocycles. The van der Waals surface area contributed by atoms with E-state index in [2.05, 4.69) is 24.5 Å². The zero-order valence-electron chi connectivity index (χ0n) is 15.8. The lowest BCUT2D eigenvalue weighted by atomic mass is 9.75. The Balaban J connectivity index is 1.88. The summed E-state index contributed by atoms with van der Waals surface area (Å²) in [7, 11) is 0. The van der Waals surface area contributed by atoms with E-state index >= 15 is 0 Å². The van der Waals surface area contributed by atoms with Gasteiger partial charge in [-0.05, 0) is 35.6 Å². The second-order valence-electron chi connectivity index (χ2n) is 7.71. The number of allylic oxidation sites excluding steroid dienone is 1. The Morgan fingerprint density at radius 1 is 1.11 bits per heavy atom. The van der Waals surface area contributed by atoms with Crippen LogP contribution in [-0.2, 0) is 11.3 Å². The van der Waals surface area contributed by atoms with E-state index in [1.54, 1.807) is 18.2 Å². The van der Waals surface area contributed by atoms with Gasteiger partial charge < -0.3 is 10.6 Å². The standard InChI is InChI=1S/C22H22Cl2N2OS/c1-22(2)11-18(25-13-14-6-4-3-5-7-14)20(19(27)12-22)21(28)26-17-9-8-15(23)10-16(17)24/h3-10,25H,11-13H2,1-2H3,(H,26,28). The monoisotopic (exact) mass is 432 g/mol. The lowest BCUT2D eigenvalue weighted by Crippen LogP contribution is -2.35. The normalized spacial score (nSPS) is 16.1. The number of hydrogen-bond acceptors (Lipinski definition) is 3. The van der Waals surface area contributed by atoms with E-state index in [-0.39, 0.29) is 11.2 Å². The van der Waals surface area contributed by atoms with Crippen molar-refractivity contribution in [3.63, 3.8) is 0 Å². The van der Waals surface area contributed by atoms with Crippen molar-refractivity contribution in [2.24, 2.45) is 5.41 Å². The van der Waals surface area contributed by atoms with Crippen molar-refractivity contribution < 1.29 is 4.79 Å². The zero-order chi connectivity index (χ0) is 20.3. The van der Waals surface area contributed by atoms with Crippen LogP contribution < -0.4 is 10.6 Å². The summed E-state index contributed by atoms with van der Waals surface area (Å²) in [5, 5.41) is 7.56. The Morgan fingerprint density at radius 3 is 2.50 bits per heavy atom. The first-order valence-electron chi connectivity index (χ1n) is 9.06. The Morgan fingerprint density at radius 2 is 1.82 bits per heavy atom. The summed E-state index contributed by atoms with van der Waals surface area (Å²) >= 11 is 17.8. The van der Waals surface area contributed by atoms with Crippen LogP contribution in [0.25, 0.3) is 0 Å². The molecule has 3 rings (SSSR count). The smallest absolute Gasteiger partial charge is 0.168 e. The lowest BCUT2D eigenvalue weighted by molar-refractivity contribution is -0.117. The van der Waals surface area contributed by atoms with E-state index in [1.807, 2.05) is 30.3 Å². The van der Waals surface area contributed by atoms with Crippen LogP contribution in [0, 0.1) is 5.41 Å². The van der Waals surface area contributed by atoms with Gasteiger partial charge in [-0.1, -0.05) is 79.6 Å². The van der Waals surface area contributed by atoms with Crippen molar-refractivity contribution in [1.29, 1.82) is 0 Å². The first-order chi connectivity index (χ1) is 13.2. The first kappa shape index (κ1) is 20.8. The molecule has 0 radical (unpaired) electrons. The molecule has 2 N–H and O–H groups in total. The summed E-state index contributed by atoms with van der Waals surface area (Å²) in [6.45, 7) is 4.82. The van der Waals surface area contributed by atoms with E-state index < -0.39 is 0 Å². The zero-order valence-corrected chi connectivity index (χ0v) is 18.1. The fraction of sp³-hybridized carbons (Fsp3) is 0.273. The van der Waals surface area contributed by atoms with Gasteiger partial charge in [0.25, 0.3) is 0 Å². The highest BCUT2D eigenvalue weighted by molar-refractivity contribution is 7.81. The number of anilines is 1. The Labute approximate surface area is 181 Å². The molecule has 0 spiro atoms. The number of ketones is 1. The van der Waals surface area contributed by atoms with Crippen LogP contribution in [0.4, 0.5) is 5.69 Å². The highest BCUT2D eigenvalue weighted by Crippen LogP contribution is 2.37. The van der Waals surface area contributed by atoms with Crippen LogP contribution in [0.3, 0.4) is 0 Å². The van der Waals surface area contributed by atoms with E-state index in [1.165, 1.54) is 0 Å². The fourth-order valence-electron chi connectivity index (χ4n) is 3.32. The molecule has 0 fully saturated rings. The predicted octanol–water partition coefficient (Wildman–Crippen LogP) is 6.17. The molecule has 0 atom stereocenters. The summed E-state index contributed by atoms with van der Waals surface area (Å²) in [5.41, 5.74) is 3.06. The molecule has 0 unspecified atom stereocenters. The van der Waals surface area contributed by atoms with Gasteiger partial charge in [-0.25, -0.2) is 0 Å². The molecular formula is C22H22Cl2N2OS. The number of carbonyl (C=O) groups is 1. The quantitative estimate of drug-likeness (QED) is 0.554. The number of Topliss-reactive ketones (excluding diaryl/α,β-unsaturated/α-hetero) is 1. The molecule has 2 aromatic rings. The van der Waals surface area contributed by atoms with Gasteiger partial charge in [-0.3, -0.25) is 4.79 Å². The molecule has 28 heavy (non-hydrogen) atoms. The Kier molecular flexibility index (Phi) is 6.43. The number of hydrogen-bond donors (Lipinski definition) is 2. The second kappa shape index (κ2) is 8.64. The van der Waals surface area contributed by atoms with E-state index in [4.69, 9.17) is 35.4 Å². The first-order valence-corrected chi connectivity index (χ1v) is 10.2. The van der Waals surface area contributed by atoms with Gasteiger partial charge in [0.2, 0.25) is 0 Å². The molecule has 0 amide bonds. The molecule has 0 aliphatic heterocycles. The minimum absolute atomic E-state index is 0.0365. The number of carbonyl (C=O) groups excluding carboxylic acids is 1. The van der Waals surface area contributed by atoms with Gasteiger partial charge in [0.15, 0.2) is 5.78 Å². The summed E-state index contributed by atoms with van der Waals surface area (Å²) < 4.78 is 0. The Hall–Kier alpha value is -1.88. The average Bonchev–Trinajstić information content (AvgIpc) is 2.62. The van der Waals surface area contributed by atoms with Crippen LogP contribution in [0.5, 0.6) is 0 Å². The molecule has 3 nitrogen and oxygen atoms in total. The molecule has 6 heteroatoms. The third-order valence-corrected chi connectivity index (χ3v) is 5.48. The maximum absolute atomic E-state index is 12.9. The van der Waals surface area contributed by atoms with Crippen molar-refractivity contribution >= 4 is 51.9 Å². The highest BCUT2D eigenvalue weighted by Gasteiger charge is 2.34. The summed E-state index contributed by atoms with van der Waals surface area (Å²) in [6, 6.07) is 15.2. The third kappa shape index (κ3) is 5.13. The molecule has 0 saturated heterocycles. The van der Waals surface area contributed by atoms with Gasteiger partial charge in [-0.2, -0.15) is 0 Å². The van der Waals surface area contributed by atoms with Crippen molar-refractivity contribution in [1.82, 2.24) is 5.32 Å². The van der Waals surface area contributed by atoms with Gasteiger partial charge in [0, 0.05) is 23.7 Å². The fourth-order valence-corrected chi connectivity index (χ4v) is 4.12.